The normalized spacial score (nSPS) is 13.5. The van der Waals surface area contributed by atoms with Gasteiger partial charge in [-0.25, -0.2) is 4.39 Å². The number of rotatable bonds is 6. The molecule has 0 atom stereocenters. The summed E-state index contributed by atoms with van der Waals surface area (Å²) in [6, 6.07) is 10.9. The third kappa shape index (κ3) is 4.95. The number of nitrogens with one attached hydrogen (secondary N) is 2. The Kier molecular flexibility index (Phi) is 6.41. The summed E-state index contributed by atoms with van der Waals surface area (Å²) in [5.41, 5.74) is 1.76. The zero-order valence-electron chi connectivity index (χ0n) is 15.0. The molecule has 0 spiro atoms. The van der Waals surface area contributed by atoms with Crippen LogP contribution in [0, 0.1) is 5.82 Å². The molecule has 0 aliphatic carbocycles. The van der Waals surface area contributed by atoms with Crippen LogP contribution >= 0.6 is 15.9 Å². The van der Waals surface area contributed by atoms with Crippen LogP contribution in [0.25, 0.3) is 0 Å². The second-order valence-electron chi connectivity index (χ2n) is 6.39. The van der Waals surface area contributed by atoms with E-state index in [2.05, 4.69) is 26.6 Å². The van der Waals surface area contributed by atoms with Crippen LogP contribution in [0.1, 0.15) is 28.8 Å². The maximum atomic E-state index is 13.2. The third-order valence-electron chi connectivity index (χ3n) is 4.41. The maximum Gasteiger partial charge on any atom is 0.251 e. The molecule has 2 aromatic rings. The Bertz CT molecular complexity index is 902. The van der Waals surface area contributed by atoms with Crippen molar-refractivity contribution in [3.63, 3.8) is 0 Å². The molecule has 0 bridgehead atoms. The monoisotopic (exact) mass is 447 g/mol. The zero-order valence-corrected chi connectivity index (χ0v) is 16.6. The van der Waals surface area contributed by atoms with Gasteiger partial charge in [0.05, 0.1) is 6.54 Å². The summed E-state index contributed by atoms with van der Waals surface area (Å²) in [6.45, 7) is 0.635. The van der Waals surface area contributed by atoms with Crippen LogP contribution in [0.2, 0.25) is 0 Å². The Morgan fingerprint density at radius 3 is 2.54 bits per heavy atom. The van der Waals surface area contributed by atoms with E-state index in [4.69, 9.17) is 0 Å². The molecule has 3 rings (SSSR count). The average molecular weight is 448 g/mol. The van der Waals surface area contributed by atoms with E-state index in [0.717, 1.165) is 12.1 Å². The van der Waals surface area contributed by atoms with Crippen LogP contribution in [0.4, 0.5) is 10.1 Å². The molecule has 1 aliphatic rings. The lowest BCUT2D eigenvalue weighted by Gasteiger charge is -2.15. The van der Waals surface area contributed by atoms with Gasteiger partial charge in [-0.3, -0.25) is 14.4 Å². The summed E-state index contributed by atoms with van der Waals surface area (Å²) in [6.07, 6.45) is 1.38. The number of anilines is 1. The van der Waals surface area contributed by atoms with Crippen LogP contribution in [-0.2, 0) is 16.1 Å². The molecule has 0 saturated carbocycles. The summed E-state index contributed by atoms with van der Waals surface area (Å²) in [4.78, 5) is 37.6. The van der Waals surface area contributed by atoms with E-state index in [9.17, 15) is 18.8 Å². The molecule has 8 heteroatoms. The van der Waals surface area contributed by atoms with E-state index < -0.39 is 0 Å². The first kappa shape index (κ1) is 20.0. The third-order valence-corrected chi connectivity index (χ3v) is 5.18. The van der Waals surface area contributed by atoms with Gasteiger partial charge in [0.15, 0.2) is 0 Å². The molecule has 0 radical (unpaired) electrons. The van der Waals surface area contributed by atoms with Gasteiger partial charge < -0.3 is 15.5 Å². The van der Waals surface area contributed by atoms with Crippen molar-refractivity contribution in [1.29, 1.82) is 0 Å². The van der Waals surface area contributed by atoms with Gasteiger partial charge in [0.1, 0.15) is 5.82 Å². The van der Waals surface area contributed by atoms with Crippen LogP contribution in [0.5, 0.6) is 0 Å². The predicted molar refractivity (Wildman–Crippen MR) is 106 cm³/mol. The minimum atomic E-state index is -0.389. The molecule has 2 aromatic carbocycles. The van der Waals surface area contributed by atoms with Gasteiger partial charge >= 0.3 is 0 Å². The Balaban J connectivity index is 1.48. The van der Waals surface area contributed by atoms with Gasteiger partial charge in [-0.1, -0.05) is 15.9 Å². The van der Waals surface area contributed by atoms with Crippen molar-refractivity contribution in [3.05, 3.63) is 63.9 Å². The summed E-state index contributed by atoms with van der Waals surface area (Å²) >= 11 is 3.29. The van der Waals surface area contributed by atoms with Crippen molar-refractivity contribution in [2.45, 2.75) is 19.4 Å². The maximum absolute atomic E-state index is 13.2. The number of amides is 3. The number of hydrogen-bond acceptors (Lipinski definition) is 3. The number of carbonyl (C=O) groups is 3. The fourth-order valence-electron chi connectivity index (χ4n) is 2.91. The van der Waals surface area contributed by atoms with E-state index in [1.54, 1.807) is 35.2 Å². The number of hydrogen-bond donors (Lipinski definition) is 2. The number of benzene rings is 2. The smallest absolute Gasteiger partial charge is 0.251 e. The molecule has 1 fully saturated rings. The van der Waals surface area contributed by atoms with Crippen LogP contribution < -0.4 is 15.5 Å². The fourth-order valence-corrected chi connectivity index (χ4v) is 3.30. The Labute approximate surface area is 170 Å². The van der Waals surface area contributed by atoms with E-state index >= 15 is 0 Å². The van der Waals surface area contributed by atoms with Crippen molar-refractivity contribution in [2.75, 3.05) is 18.0 Å². The van der Waals surface area contributed by atoms with Crippen LogP contribution in [0.15, 0.2) is 46.9 Å². The van der Waals surface area contributed by atoms with Crippen molar-refractivity contribution in [1.82, 2.24) is 10.6 Å². The molecule has 1 heterocycles. The first-order valence-electron chi connectivity index (χ1n) is 8.83. The number of carbonyl (C=O) groups excluding carboxylic acids is 3. The molecule has 6 nitrogen and oxygen atoms in total. The first-order chi connectivity index (χ1) is 13.4. The molecule has 0 unspecified atom stereocenters. The summed E-state index contributed by atoms with van der Waals surface area (Å²) in [5, 5.41) is 5.17. The SMILES string of the molecule is O=C(CNC(=O)c1ccc(N2CCCC2=O)cc1)NCc1cc(F)ccc1Br. The van der Waals surface area contributed by atoms with Gasteiger partial charge in [-0.05, 0) is 54.4 Å². The van der Waals surface area contributed by atoms with Crippen molar-refractivity contribution >= 4 is 39.3 Å². The van der Waals surface area contributed by atoms with E-state index in [1.807, 2.05) is 0 Å². The van der Waals surface area contributed by atoms with Gasteiger partial charge in [-0.15, -0.1) is 0 Å². The highest BCUT2D eigenvalue weighted by molar-refractivity contribution is 9.10. The highest BCUT2D eigenvalue weighted by atomic mass is 79.9. The van der Waals surface area contributed by atoms with Gasteiger partial charge in [0.25, 0.3) is 5.91 Å². The number of nitrogens with zero attached hydrogens (tertiary/aromatic N) is 1. The molecule has 146 valence electrons. The number of halogens is 2. The highest BCUT2D eigenvalue weighted by Crippen LogP contribution is 2.21. The standard InChI is InChI=1S/C20H19BrFN3O3/c21-17-8-5-15(22)10-14(17)11-23-18(26)12-24-20(28)13-3-6-16(7-4-13)25-9-1-2-19(25)27/h3-8,10H,1-2,9,11-12H2,(H,23,26)(H,24,28). The molecular weight excluding hydrogens is 429 g/mol. The second-order valence-corrected chi connectivity index (χ2v) is 7.25. The fraction of sp³-hybridized carbons (Fsp3) is 0.250. The Morgan fingerprint density at radius 1 is 1.11 bits per heavy atom. The van der Waals surface area contributed by atoms with E-state index in [-0.39, 0.29) is 36.6 Å². The van der Waals surface area contributed by atoms with Crippen molar-refractivity contribution in [3.8, 4) is 0 Å². The predicted octanol–water partition coefficient (Wildman–Crippen LogP) is 2.76. The Morgan fingerprint density at radius 2 is 1.86 bits per heavy atom. The van der Waals surface area contributed by atoms with E-state index in [1.165, 1.54) is 12.1 Å². The minimum Gasteiger partial charge on any atom is -0.350 e. The average Bonchev–Trinajstić information content (AvgIpc) is 3.12. The lowest BCUT2D eigenvalue weighted by Crippen LogP contribution is -2.36. The second kappa shape index (κ2) is 8.97. The largest absolute Gasteiger partial charge is 0.350 e. The molecular formula is C20H19BrFN3O3. The lowest BCUT2D eigenvalue weighted by molar-refractivity contribution is -0.120. The van der Waals surface area contributed by atoms with Gasteiger partial charge in [-0.2, -0.15) is 0 Å². The topological polar surface area (TPSA) is 78.5 Å². The molecule has 28 heavy (non-hydrogen) atoms. The van der Waals surface area contributed by atoms with Gasteiger partial charge in [0.2, 0.25) is 11.8 Å². The highest BCUT2D eigenvalue weighted by Gasteiger charge is 2.21. The first-order valence-corrected chi connectivity index (χ1v) is 9.62. The van der Waals surface area contributed by atoms with Gasteiger partial charge in [0, 0.05) is 35.2 Å². The molecule has 1 saturated heterocycles. The van der Waals surface area contributed by atoms with Crippen molar-refractivity contribution in [2.24, 2.45) is 0 Å². The quantitative estimate of drug-likeness (QED) is 0.714. The Hall–Kier alpha value is -2.74. The minimum absolute atomic E-state index is 0.0822. The lowest BCUT2D eigenvalue weighted by atomic mass is 10.2. The van der Waals surface area contributed by atoms with Crippen molar-refractivity contribution < 1.29 is 18.8 Å². The summed E-state index contributed by atoms with van der Waals surface area (Å²) < 4.78 is 13.9. The van der Waals surface area contributed by atoms with Crippen LogP contribution in [0.3, 0.4) is 0 Å². The zero-order chi connectivity index (χ0) is 20.1. The van der Waals surface area contributed by atoms with Crippen LogP contribution in [-0.4, -0.2) is 30.8 Å². The van der Waals surface area contributed by atoms with E-state index in [0.29, 0.717) is 28.6 Å². The molecule has 1 aliphatic heterocycles. The molecule has 2 N–H and O–H groups in total. The molecule has 3 amide bonds. The summed E-state index contributed by atoms with van der Waals surface area (Å²) in [5.74, 6) is -1.08. The summed E-state index contributed by atoms with van der Waals surface area (Å²) in [7, 11) is 0. The molecule has 0 aromatic heterocycles.